The zero-order chi connectivity index (χ0) is 17.5. The molecule has 1 amide bonds. The molecule has 5 heteroatoms. The maximum Gasteiger partial charge on any atom is 0.252 e. The van der Waals surface area contributed by atoms with Gasteiger partial charge in [0, 0.05) is 32.7 Å². The van der Waals surface area contributed by atoms with E-state index in [-0.39, 0.29) is 5.91 Å². The summed E-state index contributed by atoms with van der Waals surface area (Å²) in [6.45, 7) is 5.94. The molecule has 2 aromatic carbocycles. The van der Waals surface area contributed by atoms with Gasteiger partial charge in [0.25, 0.3) is 5.91 Å². The van der Waals surface area contributed by atoms with Gasteiger partial charge in [-0.2, -0.15) is 0 Å². The minimum Gasteiger partial charge on any atom is -0.352 e. The molecule has 1 aliphatic heterocycles. The Balaban J connectivity index is 1.56. The van der Waals surface area contributed by atoms with E-state index in [0.29, 0.717) is 17.1 Å². The van der Waals surface area contributed by atoms with Gasteiger partial charge in [0.1, 0.15) is 0 Å². The van der Waals surface area contributed by atoms with Gasteiger partial charge in [0.15, 0.2) is 0 Å². The lowest BCUT2D eigenvalue weighted by molar-refractivity contribution is 0.0951. The number of nitrogens with one attached hydrogen (secondary N) is 2. The van der Waals surface area contributed by atoms with Crippen LogP contribution in [0.15, 0.2) is 48.5 Å². The monoisotopic (exact) mass is 357 g/mol. The maximum absolute atomic E-state index is 12.5. The third kappa shape index (κ3) is 5.05. The first-order chi connectivity index (χ1) is 12.2. The van der Waals surface area contributed by atoms with Crippen LogP contribution in [0.4, 0.5) is 0 Å². The Labute approximate surface area is 154 Å². The SMILES string of the molecule is O=C(NCCCN1CCNCC1)c1cc(-c2ccccc2)ccc1Cl. The van der Waals surface area contributed by atoms with Crippen molar-refractivity contribution in [3.63, 3.8) is 0 Å². The Bertz CT molecular complexity index is 699. The van der Waals surface area contributed by atoms with Crippen molar-refractivity contribution in [2.45, 2.75) is 6.42 Å². The number of benzene rings is 2. The van der Waals surface area contributed by atoms with Crippen LogP contribution in [0.3, 0.4) is 0 Å². The van der Waals surface area contributed by atoms with Gasteiger partial charge in [-0.25, -0.2) is 0 Å². The first-order valence-electron chi connectivity index (χ1n) is 8.80. The number of nitrogens with zero attached hydrogens (tertiary/aromatic N) is 1. The van der Waals surface area contributed by atoms with Crippen molar-refractivity contribution in [2.75, 3.05) is 39.3 Å². The lowest BCUT2D eigenvalue weighted by atomic mass is 10.0. The van der Waals surface area contributed by atoms with Crippen LogP contribution in [0.25, 0.3) is 11.1 Å². The molecular weight excluding hydrogens is 334 g/mol. The quantitative estimate of drug-likeness (QED) is 0.781. The van der Waals surface area contributed by atoms with Gasteiger partial charge in [0.05, 0.1) is 10.6 Å². The lowest BCUT2D eigenvalue weighted by Crippen LogP contribution is -2.44. The van der Waals surface area contributed by atoms with Gasteiger partial charge in [0.2, 0.25) is 0 Å². The zero-order valence-corrected chi connectivity index (χ0v) is 15.1. The van der Waals surface area contributed by atoms with E-state index < -0.39 is 0 Å². The highest BCUT2D eigenvalue weighted by Gasteiger charge is 2.12. The van der Waals surface area contributed by atoms with Crippen molar-refractivity contribution in [3.8, 4) is 11.1 Å². The van der Waals surface area contributed by atoms with Gasteiger partial charge in [-0.05, 0) is 36.2 Å². The van der Waals surface area contributed by atoms with E-state index in [1.54, 1.807) is 6.07 Å². The predicted molar refractivity (Wildman–Crippen MR) is 103 cm³/mol. The number of carbonyl (C=O) groups is 1. The summed E-state index contributed by atoms with van der Waals surface area (Å²) in [6.07, 6.45) is 0.946. The molecule has 4 nitrogen and oxygen atoms in total. The summed E-state index contributed by atoms with van der Waals surface area (Å²) in [4.78, 5) is 14.9. The average Bonchev–Trinajstić information content (AvgIpc) is 2.67. The Morgan fingerprint density at radius 3 is 2.60 bits per heavy atom. The van der Waals surface area contributed by atoms with Crippen LogP contribution in [0.2, 0.25) is 5.02 Å². The molecule has 0 atom stereocenters. The van der Waals surface area contributed by atoms with E-state index in [2.05, 4.69) is 15.5 Å². The fourth-order valence-corrected chi connectivity index (χ4v) is 3.25. The fourth-order valence-electron chi connectivity index (χ4n) is 3.04. The summed E-state index contributed by atoms with van der Waals surface area (Å²) < 4.78 is 0. The summed E-state index contributed by atoms with van der Waals surface area (Å²) in [5.74, 6) is -0.108. The average molecular weight is 358 g/mol. The third-order valence-electron chi connectivity index (χ3n) is 4.46. The smallest absolute Gasteiger partial charge is 0.252 e. The lowest BCUT2D eigenvalue weighted by Gasteiger charge is -2.27. The Kier molecular flexibility index (Phi) is 6.45. The minimum absolute atomic E-state index is 0.108. The molecule has 1 fully saturated rings. The number of piperazine rings is 1. The van der Waals surface area contributed by atoms with Crippen LogP contribution in [0.1, 0.15) is 16.8 Å². The van der Waals surface area contributed by atoms with Gasteiger partial charge >= 0.3 is 0 Å². The molecule has 0 radical (unpaired) electrons. The van der Waals surface area contributed by atoms with Gasteiger partial charge in [-0.15, -0.1) is 0 Å². The highest BCUT2D eigenvalue weighted by atomic mass is 35.5. The molecule has 0 unspecified atom stereocenters. The minimum atomic E-state index is -0.108. The first-order valence-corrected chi connectivity index (χ1v) is 9.18. The summed E-state index contributed by atoms with van der Waals surface area (Å²) >= 11 is 6.24. The van der Waals surface area contributed by atoms with Crippen LogP contribution in [0.5, 0.6) is 0 Å². The van der Waals surface area contributed by atoms with Crippen LogP contribution in [-0.2, 0) is 0 Å². The molecule has 0 saturated carbocycles. The molecule has 1 heterocycles. The normalized spacial score (nSPS) is 15.1. The van der Waals surface area contributed by atoms with E-state index >= 15 is 0 Å². The molecule has 0 aromatic heterocycles. The van der Waals surface area contributed by atoms with Crippen LogP contribution >= 0.6 is 11.6 Å². The largest absolute Gasteiger partial charge is 0.352 e. The number of halogens is 1. The Morgan fingerprint density at radius 1 is 1.08 bits per heavy atom. The maximum atomic E-state index is 12.5. The molecule has 25 heavy (non-hydrogen) atoms. The molecular formula is C20H24ClN3O. The van der Waals surface area contributed by atoms with Crippen LogP contribution in [-0.4, -0.2) is 50.1 Å². The zero-order valence-electron chi connectivity index (χ0n) is 14.3. The molecule has 0 bridgehead atoms. The fraction of sp³-hybridized carbons (Fsp3) is 0.350. The van der Waals surface area contributed by atoms with Crippen molar-refractivity contribution >= 4 is 17.5 Å². The second-order valence-electron chi connectivity index (χ2n) is 6.26. The van der Waals surface area contributed by atoms with E-state index in [9.17, 15) is 4.79 Å². The first kappa shape index (κ1) is 17.9. The van der Waals surface area contributed by atoms with E-state index in [1.165, 1.54) is 0 Å². The molecule has 0 spiro atoms. The summed E-state index contributed by atoms with van der Waals surface area (Å²) in [5.41, 5.74) is 2.60. The molecule has 1 saturated heterocycles. The van der Waals surface area contributed by atoms with E-state index in [0.717, 1.165) is 50.3 Å². The molecule has 2 aromatic rings. The Morgan fingerprint density at radius 2 is 1.84 bits per heavy atom. The standard InChI is InChI=1S/C20H24ClN3O/c21-19-8-7-17(16-5-2-1-3-6-16)15-18(19)20(25)23-9-4-12-24-13-10-22-11-14-24/h1-3,5-8,15,22H,4,9-14H2,(H,23,25). The van der Waals surface area contributed by atoms with Gasteiger partial charge in [-0.3, -0.25) is 4.79 Å². The number of hydrogen-bond acceptors (Lipinski definition) is 3. The van der Waals surface area contributed by atoms with Gasteiger partial charge < -0.3 is 15.5 Å². The van der Waals surface area contributed by atoms with E-state index in [1.807, 2.05) is 42.5 Å². The molecule has 132 valence electrons. The van der Waals surface area contributed by atoms with Crippen molar-refractivity contribution in [3.05, 3.63) is 59.1 Å². The third-order valence-corrected chi connectivity index (χ3v) is 4.79. The second-order valence-corrected chi connectivity index (χ2v) is 6.67. The van der Waals surface area contributed by atoms with Crippen molar-refractivity contribution in [2.24, 2.45) is 0 Å². The number of amides is 1. The number of carbonyl (C=O) groups excluding carboxylic acids is 1. The molecule has 3 rings (SSSR count). The second kappa shape index (κ2) is 8.99. The number of hydrogen-bond donors (Lipinski definition) is 2. The summed E-state index contributed by atoms with van der Waals surface area (Å²) in [7, 11) is 0. The van der Waals surface area contributed by atoms with Gasteiger partial charge in [-0.1, -0.05) is 48.0 Å². The van der Waals surface area contributed by atoms with Crippen molar-refractivity contribution in [1.82, 2.24) is 15.5 Å². The highest BCUT2D eigenvalue weighted by molar-refractivity contribution is 6.34. The van der Waals surface area contributed by atoms with E-state index in [4.69, 9.17) is 11.6 Å². The number of rotatable bonds is 6. The molecule has 2 N–H and O–H groups in total. The predicted octanol–water partition coefficient (Wildman–Crippen LogP) is 3.03. The molecule has 0 aliphatic carbocycles. The van der Waals surface area contributed by atoms with Crippen LogP contribution in [0, 0.1) is 0 Å². The van der Waals surface area contributed by atoms with Crippen LogP contribution < -0.4 is 10.6 Å². The van der Waals surface area contributed by atoms with Crippen molar-refractivity contribution in [1.29, 1.82) is 0 Å². The topological polar surface area (TPSA) is 44.4 Å². The van der Waals surface area contributed by atoms with Crippen molar-refractivity contribution < 1.29 is 4.79 Å². The highest BCUT2D eigenvalue weighted by Crippen LogP contribution is 2.25. The summed E-state index contributed by atoms with van der Waals surface area (Å²) in [5, 5.41) is 6.82. The molecule has 1 aliphatic rings. The Hall–Kier alpha value is -1.88. The summed E-state index contributed by atoms with van der Waals surface area (Å²) in [6, 6.07) is 15.6.